The van der Waals surface area contributed by atoms with E-state index in [9.17, 15) is 9.59 Å². The van der Waals surface area contributed by atoms with Crippen LogP contribution < -0.4 is 4.90 Å². The summed E-state index contributed by atoms with van der Waals surface area (Å²) in [7, 11) is 0. The molecule has 1 aliphatic heterocycles. The summed E-state index contributed by atoms with van der Waals surface area (Å²) in [6, 6.07) is 0. The van der Waals surface area contributed by atoms with E-state index in [2.05, 4.69) is 22.8 Å². The Bertz CT molecular complexity index is 450. The summed E-state index contributed by atoms with van der Waals surface area (Å²) in [5.41, 5.74) is 0. The van der Waals surface area contributed by atoms with E-state index >= 15 is 0 Å². The maximum Gasteiger partial charge on any atom is 0.313 e. The van der Waals surface area contributed by atoms with Crippen molar-refractivity contribution >= 4 is 52.7 Å². The molecular formula is C8H9N3O3S3. The van der Waals surface area contributed by atoms with Gasteiger partial charge in [-0.2, -0.15) is 12.6 Å². The Balaban J connectivity index is 2.03. The summed E-state index contributed by atoms with van der Waals surface area (Å²) in [4.78, 5) is 23.5. The van der Waals surface area contributed by atoms with Crippen LogP contribution in [0.5, 0.6) is 0 Å². The number of carboxylic acids is 1. The van der Waals surface area contributed by atoms with Crippen LogP contribution >= 0.6 is 35.7 Å². The lowest BCUT2D eigenvalue weighted by Gasteiger charge is -2.09. The molecule has 1 fully saturated rings. The average molecular weight is 291 g/mol. The highest BCUT2D eigenvalue weighted by Crippen LogP contribution is 2.31. The molecule has 2 rings (SSSR count). The van der Waals surface area contributed by atoms with Crippen molar-refractivity contribution in [3.8, 4) is 0 Å². The van der Waals surface area contributed by atoms with Gasteiger partial charge < -0.3 is 5.11 Å². The Morgan fingerprint density at radius 3 is 3.00 bits per heavy atom. The van der Waals surface area contributed by atoms with Gasteiger partial charge in [-0.1, -0.05) is 23.1 Å². The highest BCUT2D eigenvalue weighted by atomic mass is 32.2. The van der Waals surface area contributed by atoms with Crippen LogP contribution in [0.25, 0.3) is 0 Å². The fraction of sp³-hybridized carbons (Fsp3) is 0.500. The summed E-state index contributed by atoms with van der Waals surface area (Å²) < 4.78 is 0.554. The van der Waals surface area contributed by atoms with Gasteiger partial charge in [-0.25, -0.2) is 0 Å². The molecule has 1 atom stereocenters. The summed E-state index contributed by atoms with van der Waals surface area (Å²) in [5, 5.41) is 16.8. The molecule has 6 nitrogen and oxygen atoms in total. The number of thioether (sulfide) groups is 1. The number of aliphatic carboxylic acids is 1. The van der Waals surface area contributed by atoms with Crippen molar-refractivity contribution in [1.82, 2.24) is 10.2 Å². The molecule has 2 heterocycles. The average Bonchev–Trinajstić information content (AvgIpc) is 2.82. The van der Waals surface area contributed by atoms with Gasteiger partial charge >= 0.3 is 5.97 Å². The first-order valence-corrected chi connectivity index (χ1v) is 7.04. The smallest absolute Gasteiger partial charge is 0.313 e. The van der Waals surface area contributed by atoms with Crippen LogP contribution in [0.15, 0.2) is 4.34 Å². The summed E-state index contributed by atoms with van der Waals surface area (Å²) in [5.74, 6) is -0.979. The fourth-order valence-corrected chi connectivity index (χ4v) is 3.27. The second-order valence-corrected chi connectivity index (χ2v) is 6.30. The first-order chi connectivity index (χ1) is 8.06. The van der Waals surface area contributed by atoms with E-state index in [1.807, 2.05) is 0 Å². The Morgan fingerprint density at radius 2 is 2.41 bits per heavy atom. The van der Waals surface area contributed by atoms with Gasteiger partial charge in [-0.3, -0.25) is 14.5 Å². The van der Waals surface area contributed by atoms with Crippen molar-refractivity contribution < 1.29 is 14.7 Å². The molecular weight excluding hydrogens is 282 g/mol. The third kappa shape index (κ3) is 3.11. The highest BCUT2D eigenvalue weighted by molar-refractivity contribution is 8.01. The zero-order valence-corrected chi connectivity index (χ0v) is 11.1. The predicted molar refractivity (Wildman–Crippen MR) is 68.0 cm³/mol. The minimum absolute atomic E-state index is 0.0177. The molecule has 0 aliphatic carbocycles. The molecule has 17 heavy (non-hydrogen) atoms. The number of thiol groups is 1. The summed E-state index contributed by atoms with van der Waals surface area (Å²) in [6.45, 7) is 0.528. The number of aromatic nitrogens is 2. The van der Waals surface area contributed by atoms with Crippen LogP contribution in [0.4, 0.5) is 5.13 Å². The standard InChI is InChI=1S/C8H9N3O3S3/c12-5-1-4(15)2-11(5)7-9-10-8(17-7)16-3-6(13)14/h4,15H,1-3H2,(H,13,14). The van der Waals surface area contributed by atoms with Crippen molar-refractivity contribution in [2.75, 3.05) is 17.2 Å². The lowest BCUT2D eigenvalue weighted by molar-refractivity contribution is -0.133. The highest BCUT2D eigenvalue weighted by Gasteiger charge is 2.30. The van der Waals surface area contributed by atoms with Gasteiger partial charge in [0.1, 0.15) is 0 Å². The predicted octanol–water partition coefficient (Wildman–Crippen LogP) is 0.750. The number of hydrogen-bond acceptors (Lipinski definition) is 7. The van der Waals surface area contributed by atoms with Crippen LogP contribution in [0.1, 0.15) is 6.42 Å². The number of carbonyl (C=O) groups is 2. The number of nitrogens with zero attached hydrogens (tertiary/aromatic N) is 3. The maximum atomic E-state index is 11.6. The molecule has 0 aromatic carbocycles. The van der Waals surface area contributed by atoms with E-state index in [1.165, 1.54) is 11.3 Å². The molecule has 0 radical (unpaired) electrons. The van der Waals surface area contributed by atoms with Gasteiger partial charge in [-0.15, -0.1) is 10.2 Å². The molecule has 1 aromatic rings. The van der Waals surface area contributed by atoms with Gasteiger partial charge in [0.2, 0.25) is 11.0 Å². The molecule has 1 unspecified atom stereocenters. The third-order valence-electron chi connectivity index (χ3n) is 2.05. The number of carbonyl (C=O) groups excluding carboxylic acids is 1. The van der Waals surface area contributed by atoms with Crippen LogP contribution in [0.2, 0.25) is 0 Å². The van der Waals surface area contributed by atoms with Gasteiger partial charge in [0.15, 0.2) is 4.34 Å². The Morgan fingerprint density at radius 1 is 1.65 bits per heavy atom. The fourth-order valence-electron chi connectivity index (χ4n) is 1.37. The van der Waals surface area contributed by atoms with Crippen molar-refractivity contribution in [3.05, 3.63) is 0 Å². The van der Waals surface area contributed by atoms with Crippen LogP contribution in [-0.2, 0) is 9.59 Å². The van der Waals surface area contributed by atoms with Crippen molar-refractivity contribution in [1.29, 1.82) is 0 Å². The van der Waals surface area contributed by atoms with Gasteiger partial charge in [0.25, 0.3) is 0 Å². The normalized spacial score (nSPS) is 19.9. The van der Waals surface area contributed by atoms with E-state index in [1.54, 1.807) is 4.90 Å². The zero-order valence-electron chi connectivity index (χ0n) is 8.57. The summed E-state index contributed by atoms with van der Waals surface area (Å²) in [6.07, 6.45) is 0.403. The van der Waals surface area contributed by atoms with E-state index in [4.69, 9.17) is 5.11 Å². The second kappa shape index (κ2) is 5.23. The molecule has 0 bridgehead atoms. The molecule has 9 heteroatoms. The quantitative estimate of drug-likeness (QED) is 0.484. The van der Waals surface area contributed by atoms with E-state index in [-0.39, 0.29) is 16.9 Å². The van der Waals surface area contributed by atoms with Gasteiger partial charge in [0, 0.05) is 18.2 Å². The lowest BCUT2D eigenvalue weighted by atomic mass is 10.4. The molecule has 1 N–H and O–H groups in total. The molecule has 0 saturated carbocycles. The largest absolute Gasteiger partial charge is 0.481 e. The van der Waals surface area contributed by atoms with Crippen molar-refractivity contribution in [3.63, 3.8) is 0 Å². The Labute approximate surface area is 111 Å². The molecule has 1 amide bonds. The minimum atomic E-state index is -0.903. The van der Waals surface area contributed by atoms with E-state index in [0.717, 1.165) is 11.8 Å². The van der Waals surface area contributed by atoms with Gasteiger partial charge in [0.05, 0.1) is 5.75 Å². The zero-order chi connectivity index (χ0) is 12.4. The number of anilines is 1. The van der Waals surface area contributed by atoms with Crippen LogP contribution in [-0.4, -0.2) is 44.7 Å². The van der Waals surface area contributed by atoms with Crippen molar-refractivity contribution in [2.24, 2.45) is 0 Å². The Kier molecular flexibility index (Phi) is 3.89. The monoisotopic (exact) mass is 291 g/mol. The molecule has 1 aromatic heterocycles. The van der Waals surface area contributed by atoms with Crippen LogP contribution in [0, 0.1) is 0 Å². The second-order valence-electron chi connectivity index (χ2n) is 3.40. The minimum Gasteiger partial charge on any atom is -0.481 e. The van der Waals surface area contributed by atoms with Crippen LogP contribution in [0.3, 0.4) is 0 Å². The molecule has 92 valence electrons. The van der Waals surface area contributed by atoms with Gasteiger partial charge in [-0.05, 0) is 0 Å². The third-order valence-corrected chi connectivity index (χ3v) is 4.46. The topological polar surface area (TPSA) is 83.4 Å². The van der Waals surface area contributed by atoms with Crippen molar-refractivity contribution in [2.45, 2.75) is 16.0 Å². The van der Waals surface area contributed by atoms with E-state index < -0.39 is 5.97 Å². The van der Waals surface area contributed by atoms with E-state index in [0.29, 0.717) is 22.4 Å². The Hall–Kier alpha value is -0.800. The maximum absolute atomic E-state index is 11.6. The molecule has 1 saturated heterocycles. The first kappa shape index (κ1) is 12.7. The number of hydrogen-bond donors (Lipinski definition) is 2. The number of carboxylic acid groups (broad SMARTS) is 1. The first-order valence-electron chi connectivity index (χ1n) is 4.73. The SMILES string of the molecule is O=C(O)CSc1nnc(N2CC(S)CC2=O)s1. The molecule has 0 spiro atoms. The summed E-state index contributed by atoms with van der Waals surface area (Å²) >= 11 is 6.57. The number of amides is 1. The number of rotatable bonds is 4. The lowest BCUT2D eigenvalue weighted by Crippen LogP contribution is -2.24. The molecule has 1 aliphatic rings.